The summed E-state index contributed by atoms with van der Waals surface area (Å²) in [6.07, 6.45) is 7.92. The Morgan fingerprint density at radius 2 is 1.69 bits per heavy atom. The fraction of sp³-hybridized carbons (Fsp3) is 0.390. The number of thioether (sulfide) groups is 1. The van der Waals surface area contributed by atoms with E-state index in [1.54, 1.807) is 13.8 Å². The summed E-state index contributed by atoms with van der Waals surface area (Å²) in [6.45, 7) is 6.64. The third-order valence-electron chi connectivity index (χ3n) is 9.63. The number of halogens is 1. The van der Waals surface area contributed by atoms with Crippen LogP contribution in [0, 0.1) is 18.7 Å². The fourth-order valence-corrected chi connectivity index (χ4v) is 7.36. The highest BCUT2D eigenvalue weighted by Gasteiger charge is 2.33. The van der Waals surface area contributed by atoms with E-state index in [0.717, 1.165) is 22.2 Å². The van der Waals surface area contributed by atoms with E-state index < -0.39 is 40.2 Å². The van der Waals surface area contributed by atoms with Crippen LogP contribution in [0.5, 0.6) is 5.75 Å². The van der Waals surface area contributed by atoms with Crippen molar-refractivity contribution in [2.45, 2.75) is 89.9 Å². The van der Waals surface area contributed by atoms with Crippen LogP contribution in [0.25, 0.3) is 0 Å². The van der Waals surface area contributed by atoms with Gasteiger partial charge in [-0.2, -0.15) is 0 Å². The Kier molecular flexibility index (Phi) is 14.5. The summed E-state index contributed by atoms with van der Waals surface area (Å²) in [5.41, 5.74) is 0.308. The van der Waals surface area contributed by atoms with E-state index in [4.69, 9.17) is 9.40 Å². The summed E-state index contributed by atoms with van der Waals surface area (Å²) < 4.78 is 19.1. The topological polar surface area (TPSA) is 215 Å². The largest absolute Gasteiger partial charge is 0.501 e. The highest BCUT2D eigenvalue weighted by atomic mass is 32.2. The zero-order valence-electron chi connectivity index (χ0n) is 33.1. The van der Waals surface area contributed by atoms with Gasteiger partial charge in [0.25, 0.3) is 17.0 Å². The molecule has 0 atom stereocenters. The maximum absolute atomic E-state index is 13.0. The predicted octanol–water partition coefficient (Wildman–Crippen LogP) is 5.34. The Balaban J connectivity index is 0.000000226. The number of rotatable bonds is 13. The Morgan fingerprint density at radius 1 is 1.00 bits per heavy atom. The van der Waals surface area contributed by atoms with Crippen molar-refractivity contribution in [3.05, 3.63) is 127 Å². The molecule has 1 fully saturated rings. The normalized spacial score (nSPS) is 13.0. The number of amides is 2. The van der Waals surface area contributed by atoms with E-state index in [0.29, 0.717) is 28.6 Å². The molecule has 0 aliphatic heterocycles. The average Bonchev–Trinajstić information content (AvgIpc) is 3.66. The van der Waals surface area contributed by atoms with Gasteiger partial charge in [-0.25, -0.2) is 14.4 Å². The number of nitrogens with one attached hydrogen (secondary N) is 3. The Hall–Kier alpha value is -5.97. The smallest absolute Gasteiger partial charge is 0.309 e. The summed E-state index contributed by atoms with van der Waals surface area (Å²) in [5, 5.41) is 23.1. The van der Waals surface area contributed by atoms with Crippen molar-refractivity contribution in [1.82, 2.24) is 40.3 Å². The van der Waals surface area contributed by atoms with E-state index in [-0.39, 0.29) is 41.2 Å². The molecule has 306 valence electrons. The van der Waals surface area contributed by atoms with Crippen LogP contribution in [0.15, 0.2) is 73.8 Å². The van der Waals surface area contributed by atoms with Crippen LogP contribution in [0.1, 0.15) is 113 Å². The lowest BCUT2D eigenvalue weighted by molar-refractivity contribution is 0.0868. The molecule has 17 heteroatoms. The molecular formula is C41H47FN8O7S. The number of nitrogens with zero attached hydrogens (tertiary/aromatic N) is 5. The number of aromatic nitrogens is 6. The van der Waals surface area contributed by atoms with Crippen LogP contribution in [0.3, 0.4) is 0 Å². The van der Waals surface area contributed by atoms with Gasteiger partial charge in [-0.1, -0.05) is 93.3 Å². The van der Waals surface area contributed by atoms with Gasteiger partial charge in [-0.05, 0) is 50.3 Å². The maximum atomic E-state index is 13.0. The van der Waals surface area contributed by atoms with Crippen molar-refractivity contribution in [1.29, 1.82) is 0 Å². The van der Waals surface area contributed by atoms with Crippen LogP contribution >= 0.6 is 11.8 Å². The van der Waals surface area contributed by atoms with Crippen LogP contribution in [-0.2, 0) is 32.0 Å². The molecule has 15 nitrogen and oxygen atoms in total. The lowest BCUT2D eigenvalue weighted by Gasteiger charge is -2.27. The third-order valence-corrected chi connectivity index (χ3v) is 10.5. The molecule has 6 rings (SSSR count). The molecule has 0 radical (unpaired) electrons. The van der Waals surface area contributed by atoms with Gasteiger partial charge in [0.15, 0.2) is 16.6 Å². The van der Waals surface area contributed by atoms with Crippen LogP contribution in [0.2, 0.25) is 0 Å². The second-order valence-corrected chi connectivity index (χ2v) is 15.4. The first-order valence-electron chi connectivity index (χ1n) is 19.0. The second kappa shape index (κ2) is 19.5. The van der Waals surface area contributed by atoms with Crippen molar-refractivity contribution in [2.24, 2.45) is 13.0 Å². The molecule has 0 saturated heterocycles. The lowest BCUT2D eigenvalue weighted by Crippen LogP contribution is -2.46. The molecule has 58 heavy (non-hydrogen) atoms. The number of hydrogen-bond acceptors (Lipinski definition) is 12. The summed E-state index contributed by atoms with van der Waals surface area (Å²) in [6, 6.07) is 14.7. The van der Waals surface area contributed by atoms with E-state index >= 15 is 0 Å². The quantitative estimate of drug-likeness (QED) is 0.0674. The van der Waals surface area contributed by atoms with Gasteiger partial charge in [-0.3, -0.25) is 28.5 Å². The molecule has 3 aromatic heterocycles. The number of Topliss-reactive ketones (excluding diaryl/α,β-unsaturated/α-hetero) is 1. The van der Waals surface area contributed by atoms with E-state index in [9.17, 15) is 33.5 Å². The minimum atomic E-state index is -1.27. The number of aromatic hydroxyl groups is 1. The number of hydrogen-bond donors (Lipinski definition) is 4. The van der Waals surface area contributed by atoms with Gasteiger partial charge in [0.1, 0.15) is 11.6 Å². The SMILES string of the molecule is CCc1c(CC2CCCCC2)nc(SCC(=O)c2ccccc2)[nH]c1=O.Cc1nnc(C(=O)NC(C)(C)c2nc(C(=O)NCc3ccc(F)cc3)c(O)c(=O)n2C)o1. The van der Waals surface area contributed by atoms with Crippen LogP contribution in [-0.4, -0.2) is 58.2 Å². The lowest BCUT2D eigenvalue weighted by atomic mass is 9.85. The highest BCUT2D eigenvalue weighted by Crippen LogP contribution is 2.28. The van der Waals surface area contributed by atoms with Crippen molar-refractivity contribution < 1.29 is 28.3 Å². The Labute approximate surface area is 338 Å². The van der Waals surface area contributed by atoms with Crippen molar-refractivity contribution >= 4 is 29.4 Å². The molecule has 1 aliphatic carbocycles. The van der Waals surface area contributed by atoms with Crippen molar-refractivity contribution in [3.8, 4) is 5.75 Å². The number of aromatic amines is 1. The predicted molar refractivity (Wildman–Crippen MR) is 214 cm³/mol. The third kappa shape index (κ3) is 11.1. The summed E-state index contributed by atoms with van der Waals surface area (Å²) in [4.78, 5) is 74.0. The van der Waals surface area contributed by atoms with Crippen molar-refractivity contribution in [2.75, 3.05) is 5.75 Å². The van der Waals surface area contributed by atoms with Gasteiger partial charge < -0.3 is 25.1 Å². The van der Waals surface area contributed by atoms with E-state index in [1.807, 2.05) is 37.3 Å². The molecule has 0 bridgehead atoms. The van der Waals surface area contributed by atoms with Gasteiger partial charge in [0.2, 0.25) is 11.6 Å². The Bertz CT molecular complexity index is 2360. The minimum absolute atomic E-state index is 0.00294. The van der Waals surface area contributed by atoms with Gasteiger partial charge >= 0.3 is 11.8 Å². The zero-order valence-corrected chi connectivity index (χ0v) is 33.9. The Morgan fingerprint density at radius 3 is 2.33 bits per heavy atom. The number of carbonyl (C=O) groups excluding carboxylic acids is 3. The summed E-state index contributed by atoms with van der Waals surface area (Å²) in [5.74, 6) is -1.92. The molecule has 1 aliphatic rings. The molecular weight excluding hydrogens is 768 g/mol. The van der Waals surface area contributed by atoms with Crippen LogP contribution < -0.4 is 21.8 Å². The molecule has 2 aromatic carbocycles. The van der Waals surface area contributed by atoms with Gasteiger partial charge in [0, 0.05) is 31.6 Å². The average molecular weight is 815 g/mol. The minimum Gasteiger partial charge on any atom is -0.501 e. The molecule has 5 aromatic rings. The summed E-state index contributed by atoms with van der Waals surface area (Å²) in [7, 11) is 1.34. The molecule has 2 amide bonds. The maximum Gasteiger partial charge on any atom is 0.309 e. The number of ketones is 1. The fourth-order valence-electron chi connectivity index (χ4n) is 6.59. The molecule has 0 unspecified atom stereocenters. The molecule has 1 saturated carbocycles. The van der Waals surface area contributed by atoms with Gasteiger partial charge in [-0.15, -0.1) is 10.2 Å². The monoisotopic (exact) mass is 814 g/mol. The highest BCUT2D eigenvalue weighted by molar-refractivity contribution is 7.99. The first kappa shape index (κ1) is 43.2. The van der Waals surface area contributed by atoms with Crippen molar-refractivity contribution in [3.63, 3.8) is 0 Å². The second-order valence-electron chi connectivity index (χ2n) is 14.4. The standard InChI is InChI=1S/C21H26N2O2S.C20H21FN6O5/c1-2-17-18(13-15-9-5-3-6-10-15)22-21(23-20(17)25)26-14-19(24)16-11-7-4-8-12-16;1-10-25-26-17(32-10)16(30)24-20(2,3)19-23-13(14(28)18(31)27(19)4)15(29)22-9-11-5-7-12(21)8-6-11/h4,7-8,11-12,15H,2-3,5-6,9-10,13-14H2,1H3,(H,22,23,25);5-8,28H,9H2,1-4H3,(H,22,29)(H,24,30). The van der Waals surface area contributed by atoms with Crippen LogP contribution in [0.4, 0.5) is 4.39 Å². The number of aryl methyl sites for hydroxylation is 1. The zero-order chi connectivity index (χ0) is 42.0. The molecule has 3 heterocycles. The van der Waals surface area contributed by atoms with E-state index in [1.165, 1.54) is 82.1 Å². The molecule has 4 N–H and O–H groups in total. The first-order valence-corrected chi connectivity index (χ1v) is 19.9. The van der Waals surface area contributed by atoms with Gasteiger partial charge in [0.05, 0.1) is 17.0 Å². The van der Waals surface area contributed by atoms with E-state index in [2.05, 4.69) is 30.8 Å². The number of carbonyl (C=O) groups is 3. The number of benzene rings is 2. The number of H-pyrrole nitrogens is 1. The first-order chi connectivity index (χ1) is 27.7. The molecule has 0 spiro atoms. The summed E-state index contributed by atoms with van der Waals surface area (Å²) >= 11 is 1.32.